The van der Waals surface area contributed by atoms with Crippen LogP contribution in [0.1, 0.15) is 46.2 Å². The molecule has 2 atom stereocenters. The molecule has 7 heteroatoms. The Labute approximate surface area is 127 Å². The summed E-state index contributed by atoms with van der Waals surface area (Å²) in [6.07, 6.45) is -0.562. The average Bonchev–Trinajstić information content (AvgIpc) is 2.64. The number of aromatic nitrogens is 1. The van der Waals surface area contributed by atoms with E-state index < -0.39 is 23.6 Å². The minimum Gasteiger partial charge on any atom is -0.481 e. The average molecular weight is 312 g/mol. The molecule has 0 bridgehead atoms. The number of carboxylic acids is 1. The fourth-order valence-electron chi connectivity index (χ4n) is 2.53. The quantitative estimate of drug-likeness (QED) is 0.894. The second-order valence-electron chi connectivity index (χ2n) is 6.82. The lowest BCUT2D eigenvalue weighted by molar-refractivity contribution is -0.139. The summed E-state index contributed by atoms with van der Waals surface area (Å²) < 4.78 is 5.15. The van der Waals surface area contributed by atoms with Gasteiger partial charge in [-0.15, -0.1) is 11.3 Å². The highest BCUT2D eigenvalue weighted by molar-refractivity contribution is 7.13. The third-order valence-electron chi connectivity index (χ3n) is 3.54. The molecule has 1 aromatic heterocycles. The van der Waals surface area contributed by atoms with E-state index in [1.165, 1.54) is 11.3 Å². The summed E-state index contributed by atoms with van der Waals surface area (Å²) in [5.41, 5.74) is -0.163. The lowest BCUT2D eigenvalue weighted by Gasteiger charge is -2.18. The second kappa shape index (κ2) is 4.98. The highest BCUT2D eigenvalue weighted by atomic mass is 32.1. The Morgan fingerprint density at radius 1 is 1.43 bits per heavy atom. The molecule has 21 heavy (non-hydrogen) atoms. The normalized spacial score (nSPS) is 23.5. The number of anilines is 1. The monoisotopic (exact) mass is 312 g/mol. The number of nitrogens with zero attached hydrogens (tertiary/aromatic N) is 1. The molecule has 1 fully saturated rings. The summed E-state index contributed by atoms with van der Waals surface area (Å²) in [6.45, 7) is 9.17. The van der Waals surface area contributed by atoms with Gasteiger partial charge >= 0.3 is 12.1 Å². The molecule has 1 aliphatic carbocycles. The maximum absolute atomic E-state index is 11.7. The Hall–Kier alpha value is -1.63. The van der Waals surface area contributed by atoms with Crippen LogP contribution in [0.25, 0.3) is 0 Å². The molecule has 0 aliphatic heterocycles. The predicted molar refractivity (Wildman–Crippen MR) is 79.6 cm³/mol. The number of aliphatic carboxylic acids is 1. The number of rotatable bonds is 3. The molecule has 6 nitrogen and oxygen atoms in total. The van der Waals surface area contributed by atoms with Gasteiger partial charge in [-0.2, -0.15) is 0 Å². The van der Waals surface area contributed by atoms with E-state index in [9.17, 15) is 14.7 Å². The van der Waals surface area contributed by atoms with Crippen molar-refractivity contribution in [1.29, 1.82) is 0 Å². The Bertz CT molecular complexity index is 574. The molecule has 1 aliphatic rings. The second-order valence-corrected chi connectivity index (χ2v) is 7.68. The first kappa shape index (κ1) is 15.8. The van der Waals surface area contributed by atoms with Crippen LogP contribution in [0.2, 0.25) is 0 Å². The number of nitrogens with one attached hydrogen (secondary N) is 1. The van der Waals surface area contributed by atoms with Crippen molar-refractivity contribution in [3.05, 3.63) is 11.1 Å². The van der Waals surface area contributed by atoms with Gasteiger partial charge in [0.1, 0.15) is 5.60 Å². The van der Waals surface area contributed by atoms with Gasteiger partial charge in [0, 0.05) is 11.3 Å². The maximum atomic E-state index is 11.7. The Morgan fingerprint density at radius 3 is 2.52 bits per heavy atom. The van der Waals surface area contributed by atoms with Gasteiger partial charge in [-0.1, -0.05) is 13.8 Å². The molecular formula is C14H20N2O4S. The molecule has 0 unspecified atom stereocenters. The third kappa shape index (κ3) is 3.34. The van der Waals surface area contributed by atoms with Crippen molar-refractivity contribution in [2.45, 2.75) is 46.1 Å². The van der Waals surface area contributed by atoms with Crippen LogP contribution in [0.4, 0.5) is 9.93 Å². The van der Waals surface area contributed by atoms with Gasteiger partial charge in [-0.3, -0.25) is 10.1 Å². The van der Waals surface area contributed by atoms with E-state index in [0.29, 0.717) is 10.8 Å². The van der Waals surface area contributed by atoms with Crippen LogP contribution in [0, 0.1) is 11.3 Å². The SMILES string of the molecule is CC(C)(C)OC(=O)Nc1nc([C@@H]2[C@H](C(=O)O)C2(C)C)cs1. The van der Waals surface area contributed by atoms with E-state index in [1.54, 1.807) is 26.2 Å². The van der Waals surface area contributed by atoms with Gasteiger partial charge in [-0.25, -0.2) is 9.78 Å². The van der Waals surface area contributed by atoms with Crippen molar-refractivity contribution in [2.24, 2.45) is 11.3 Å². The number of carboxylic acid groups (broad SMARTS) is 1. The topological polar surface area (TPSA) is 88.5 Å². The number of carbonyl (C=O) groups is 2. The Kier molecular flexibility index (Phi) is 3.73. The number of hydrogen-bond acceptors (Lipinski definition) is 5. The van der Waals surface area contributed by atoms with Crippen molar-refractivity contribution in [1.82, 2.24) is 4.98 Å². The van der Waals surface area contributed by atoms with E-state index in [-0.39, 0.29) is 11.3 Å². The third-order valence-corrected chi connectivity index (χ3v) is 4.32. The van der Waals surface area contributed by atoms with Crippen LogP contribution in [-0.4, -0.2) is 27.8 Å². The smallest absolute Gasteiger partial charge is 0.413 e. The molecule has 0 saturated heterocycles. The zero-order valence-electron chi connectivity index (χ0n) is 12.8. The van der Waals surface area contributed by atoms with Gasteiger partial charge in [0.25, 0.3) is 0 Å². The predicted octanol–water partition coefficient (Wildman–Crippen LogP) is 3.31. The molecular weight excluding hydrogens is 292 g/mol. The molecule has 1 saturated carbocycles. The number of thiazole rings is 1. The summed E-state index contributed by atoms with van der Waals surface area (Å²) >= 11 is 1.27. The maximum Gasteiger partial charge on any atom is 0.413 e. The fraction of sp³-hybridized carbons (Fsp3) is 0.643. The zero-order chi connectivity index (χ0) is 16.0. The number of carbonyl (C=O) groups excluding carboxylic acids is 1. The van der Waals surface area contributed by atoms with Gasteiger partial charge in [0.05, 0.1) is 11.6 Å². The van der Waals surface area contributed by atoms with Crippen LogP contribution in [0.3, 0.4) is 0 Å². The Balaban J connectivity index is 2.03. The Morgan fingerprint density at radius 2 is 2.05 bits per heavy atom. The first-order chi connectivity index (χ1) is 9.52. The highest BCUT2D eigenvalue weighted by Crippen LogP contribution is 2.64. The van der Waals surface area contributed by atoms with Gasteiger partial charge < -0.3 is 9.84 Å². The van der Waals surface area contributed by atoms with Crippen molar-refractivity contribution in [2.75, 3.05) is 5.32 Å². The zero-order valence-corrected chi connectivity index (χ0v) is 13.6. The summed E-state index contributed by atoms with van der Waals surface area (Å²) in [5.74, 6) is -1.34. The molecule has 2 N–H and O–H groups in total. The van der Waals surface area contributed by atoms with Crippen molar-refractivity contribution in [3.8, 4) is 0 Å². The molecule has 0 aromatic carbocycles. The summed E-state index contributed by atoms with van der Waals surface area (Å²) in [6, 6.07) is 0. The first-order valence-corrected chi connectivity index (χ1v) is 7.58. The summed E-state index contributed by atoms with van der Waals surface area (Å²) in [7, 11) is 0. The highest BCUT2D eigenvalue weighted by Gasteiger charge is 2.63. The van der Waals surface area contributed by atoms with Crippen LogP contribution >= 0.6 is 11.3 Å². The molecule has 2 rings (SSSR count). The van der Waals surface area contributed by atoms with E-state index in [1.807, 2.05) is 13.8 Å². The molecule has 116 valence electrons. The van der Waals surface area contributed by atoms with E-state index in [0.717, 1.165) is 0 Å². The van der Waals surface area contributed by atoms with Crippen molar-refractivity contribution < 1.29 is 19.4 Å². The lowest BCUT2D eigenvalue weighted by Crippen LogP contribution is -2.27. The van der Waals surface area contributed by atoms with E-state index >= 15 is 0 Å². The number of hydrogen-bond donors (Lipinski definition) is 2. The van der Waals surface area contributed by atoms with Crippen molar-refractivity contribution in [3.63, 3.8) is 0 Å². The molecule has 0 radical (unpaired) electrons. The molecule has 0 spiro atoms. The van der Waals surface area contributed by atoms with Gasteiger partial charge in [0.2, 0.25) is 0 Å². The van der Waals surface area contributed by atoms with Gasteiger partial charge in [-0.05, 0) is 26.2 Å². The van der Waals surface area contributed by atoms with Crippen LogP contribution < -0.4 is 5.32 Å². The number of ether oxygens (including phenoxy) is 1. The van der Waals surface area contributed by atoms with Gasteiger partial charge in [0.15, 0.2) is 5.13 Å². The summed E-state index contributed by atoms with van der Waals surface area (Å²) in [4.78, 5) is 27.2. The summed E-state index contributed by atoms with van der Waals surface area (Å²) in [5, 5.41) is 14.0. The largest absolute Gasteiger partial charge is 0.481 e. The van der Waals surface area contributed by atoms with E-state index in [4.69, 9.17) is 4.74 Å². The van der Waals surface area contributed by atoms with Crippen LogP contribution in [0.5, 0.6) is 0 Å². The standard InChI is InChI=1S/C14H20N2O4S/c1-13(2,3)20-12(19)16-11-15-7(6-21-11)8-9(10(17)18)14(8,4)5/h6,8-9H,1-5H3,(H,17,18)(H,15,16,19)/t8-,9-/m1/s1. The van der Waals surface area contributed by atoms with E-state index in [2.05, 4.69) is 10.3 Å². The van der Waals surface area contributed by atoms with Crippen molar-refractivity contribution >= 4 is 28.5 Å². The number of amides is 1. The fourth-order valence-corrected chi connectivity index (χ4v) is 3.26. The molecule has 1 heterocycles. The molecule has 1 aromatic rings. The molecule has 1 amide bonds. The minimum absolute atomic E-state index is 0.111. The minimum atomic E-state index is -0.806. The van der Waals surface area contributed by atoms with Crippen LogP contribution in [-0.2, 0) is 9.53 Å². The lowest BCUT2D eigenvalue weighted by atomic mass is 10.1. The van der Waals surface area contributed by atoms with Crippen LogP contribution in [0.15, 0.2) is 5.38 Å². The first-order valence-electron chi connectivity index (χ1n) is 6.70.